The molecule has 2 nitrogen and oxygen atoms in total. The lowest BCUT2D eigenvalue weighted by Crippen LogP contribution is -2.15. The van der Waals surface area contributed by atoms with E-state index in [0.717, 1.165) is 6.42 Å². The molecule has 0 aliphatic carbocycles. The van der Waals surface area contributed by atoms with E-state index in [1.54, 1.807) is 0 Å². The van der Waals surface area contributed by atoms with Crippen LogP contribution in [0.3, 0.4) is 0 Å². The van der Waals surface area contributed by atoms with Crippen molar-refractivity contribution in [2.75, 3.05) is 6.54 Å². The van der Waals surface area contributed by atoms with Crippen LogP contribution < -0.4 is 5.73 Å². The molecular formula is C18H18N2. The van der Waals surface area contributed by atoms with E-state index in [1.807, 2.05) is 18.5 Å². The molecule has 1 atom stereocenters. The number of nitrogens with two attached hydrogens (primary N) is 1. The van der Waals surface area contributed by atoms with Crippen molar-refractivity contribution in [1.82, 2.24) is 4.98 Å². The minimum atomic E-state index is 0.349. The van der Waals surface area contributed by atoms with E-state index < -0.39 is 0 Å². The summed E-state index contributed by atoms with van der Waals surface area (Å²) in [5.74, 6) is 0.349. The van der Waals surface area contributed by atoms with E-state index in [1.165, 1.54) is 21.9 Å². The lowest BCUT2D eigenvalue weighted by atomic mass is 9.90. The van der Waals surface area contributed by atoms with Crippen molar-refractivity contribution in [1.29, 1.82) is 0 Å². The average molecular weight is 262 g/mol. The average Bonchev–Trinajstić information content (AvgIpc) is 2.53. The monoisotopic (exact) mass is 262 g/mol. The fourth-order valence-electron chi connectivity index (χ4n) is 2.68. The van der Waals surface area contributed by atoms with E-state index >= 15 is 0 Å². The van der Waals surface area contributed by atoms with Crippen LogP contribution in [0.25, 0.3) is 10.8 Å². The molecule has 0 aliphatic rings. The summed E-state index contributed by atoms with van der Waals surface area (Å²) in [6.07, 6.45) is 4.73. The lowest BCUT2D eigenvalue weighted by molar-refractivity contribution is 0.697. The topological polar surface area (TPSA) is 38.9 Å². The molecule has 0 radical (unpaired) electrons. The Labute approximate surface area is 119 Å². The fraction of sp³-hybridized carbons (Fsp3) is 0.167. The number of aromatic nitrogens is 1. The Kier molecular flexibility index (Phi) is 3.75. The first-order valence-electron chi connectivity index (χ1n) is 6.95. The number of fused-ring (bicyclic) bond motifs is 1. The van der Waals surface area contributed by atoms with Gasteiger partial charge in [0.1, 0.15) is 0 Å². The Hall–Kier alpha value is -2.19. The van der Waals surface area contributed by atoms with Gasteiger partial charge in [0.05, 0.1) is 0 Å². The second-order valence-electron chi connectivity index (χ2n) is 5.06. The van der Waals surface area contributed by atoms with Crippen molar-refractivity contribution in [2.24, 2.45) is 5.73 Å². The minimum absolute atomic E-state index is 0.349. The van der Waals surface area contributed by atoms with Gasteiger partial charge < -0.3 is 5.73 Å². The molecule has 1 aromatic heterocycles. The summed E-state index contributed by atoms with van der Waals surface area (Å²) in [6, 6.07) is 19.0. The molecule has 1 heterocycles. The van der Waals surface area contributed by atoms with E-state index in [0.29, 0.717) is 12.5 Å². The molecule has 3 rings (SSSR count). The van der Waals surface area contributed by atoms with Crippen LogP contribution in [-0.4, -0.2) is 11.5 Å². The van der Waals surface area contributed by atoms with Gasteiger partial charge in [-0.25, -0.2) is 0 Å². The van der Waals surface area contributed by atoms with Gasteiger partial charge in [-0.15, -0.1) is 0 Å². The summed E-state index contributed by atoms with van der Waals surface area (Å²) in [7, 11) is 0. The Morgan fingerprint density at radius 2 is 1.80 bits per heavy atom. The first-order valence-corrected chi connectivity index (χ1v) is 6.95. The van der Waals surface area contributed by atoms with Crippen molar-refractivity contribution in [2.45, 2.75) is 12.3 Å². The van der Waals surface area contributed by atoms with Crippen LogP contribution in [0.15, 0.2) is 67.0 Å². The third-order valence-electron chi connectivity index (χ3n) is 3.80. The Morgan fingerprint density at radius 3 is 2.60 bits per heavy atom. The van der Waals surface area contributed by atoms with Crippen LogP contribution in [0.5, 0.6) is 0 Å². The normalized spacial score (nSPS) is 12.4. The maximum atomic E-state index is 5.98. The molecule has 1 unspecified atom stereocenters. The number of hydrogen-bond acceptors (Lipinski definition) is 2. The van der Waals surface area contributed by atoms with E-state index in [4.69, 9.17) is 5.73 Å². The van der Waals surface area contributed by atoms with Crippen molar-refractivity contribution >= 4 is 10.8 Å². The molecule has 3 aromatic rings. The fourth-order valence-corrected chi connectivity index (χ4v) is 2.68. The predicted molar refractivity (Wildman–Crippen MR) is 83.7 cm³/mol. The second kappa shape index (κ2) is 5.85. The number of pyridine rings is 1. The van der Waals surface area contributed by atoms with Crippen molar-refractivity contribution in [3.05, 3.63) is 78.1 Å². The molecular weight excluding hydrogens is 244 g/mol. The maximum Gasteiger partial charge on any atom is 0.0349 e. The quantitative estimate of drug-likeness (QED) is 0.781. The summed E-state index contributed by atoms with van der Waals surface area (Å²) in [6.45, 7) is 0.653. The number of rotatable bonds is 4. The third kappa shape index (κ3) is 2.56. The molecule has 0 aliphatic heterocycles. The minimum Gasteiger partial charge on any atom is -0.330 e. The molecule has 0 fully saturated rings. The Morgan fingerprint density at radius 1 is 0.950 bits per heavy atom. The van der Waals surface area contributed by atoms with Crippen LogP contribution in [0.1, 0.15) is 17.0 Å². The van der Waals surface area contributed by atoms with Gasteiger partial charge in [0.2, 0.25) is 0 Å². The molecule has 0 amide bonds. The summed E-state index contributed by atoms with van der Waals surface area (Å²) in [4.78, 5) is 4.25. The molecule has 0 saturated carbocycles. The first kappa shape index (κ1) is 12.8. The van der Waals surface area contributed by atoms with Gasteiger partial charge in [-0.2, -0.15) is 0 Å². The SMILES string of the molecule is NCC(Cc1cccc2ccncc12)c1ccccc1. The van der Waals surface area contributed by atoms with Gasteiger partial charge in [0.15, 0.2) is 0 Å². The second-order valence-corrected chi connectivity index (χ2v) is 5.06. The highest BCUT2D eigenvalue weighted by Gasteiger charge is 2.12. The van der Waals surface area contributed by atoms with Crippen molar-refractivity contribution < 1.29 is 0 Å². The zero-order valence-electron chi connectivity index (χ0n) is 11.4. The largest absolute Gasteiger partial charge is 0.330 e. The summed E-state index contributed by atoms with van der Waals surface area (Å²) < 4.78 is 0. The zero-order valence-corrected chi connectivity index (χ0v) is 11.4. The molecule has 20 heavy (non-hydrogen) atoms. The van der Waals surface area contributed by atoms with Gasteiger partial charge in [0, 0.05) is 23.7 Å². The van der Waals surface area contributed by atoms with Crippen LogP contribution >= 0.6 is 0 Å². The zero-order chi connectivity index (χ0) is 13.8. The van der Waals surface area contributed by atoms with Crippen LogP contribution in [0.4, 0.5) is 0 Å². The van der Waals surface area contributed by atoms with Crippen molar-refractivity contribution in [3.8, 4) is 0 Å². The first-order chi connectivity index (χ1) is 9.88. The van der Waals surface area contributed by atoms with Gasteiger partial charge in [-0.1, -0.05) is 48.5 Å². The van der Waals surface area contributed by atoms with Crippen LogP contribution in [0, 0.1) is 0 Å². The molecule has 0 saturated heterocycles. The number of nitrogens with zero attached hydrogens (tertiary/aromatic N) is 1. The summed E-state index contributed by atoms with van der Waals surface area (Å²) in [5, 5.41) is 2.46. The van der Waals surface area contributed by atoms with Gasteiger partial charge >= 0.3 is 0 Å². The lowest BCUT2D eigenvalue weighted by Gasteiger charge is -2.16. The van der Waals surface area contributed by atoms with Gasteiger partial charge in [-0.05, 0) is 35.5 Å². The smallest absolute Gasteiger partial charge is 0.0349 e. The van der Waals surface area contributed by atoms with Gasteiger partial charge in [-0.3, -0.25) is 4.98 Å². The predicted octanol–water partition coefficient (Wildman–Crippen LogP) is 3.52. The molecule has 2 heteroatoms. The van der Waals surface area contributed by atoms with E-state index in [2.05, 4.69) is 53.5 Å². The molecule has 2 aromatic carbocycles. The van der Waals surface area contributed by atoms with Crippen LogP contribution in [0.2, 0.25) is 0 Å². The Bertz CT molecular complexity index is 687. The third-order valence-corrected chi connectivity index (χ3v) is 3.80. The summed E-state index contributed by atoms with van der Waals surface area (Å²) in [5.41, 5.74) is 8.60. The van der Waals surface area contributed by atoms with Gasteiger partial charge in [0.25, 0.3) is 0 Å². The highest BCUT2D eigenvalue weighted by atomic mass is 14.6. The van der Waals surface area contributed by atoms with E-state index in [9.17, 15) is 0 Å². The summed E-state index contributed by atoms with van der Waals surface area (Å²) >= 11 is 0. The number of hydrogen-bond donors (Lipinski definition) is 1. The highest BCUT2D eigenvalue weighted by molar-refractivity contribution is 5.84. The maximum absolute atomic E-state index is 5.98. The molecule has 2 N–H and O–H groups in total. The standard InChI is InChI=1S/C18H18N2/c19-12-17(14-5-2-1-3-6-14)11-16-8-4-7-15-9-10-20-13-18(15)16/h1-10,13,17H,11-12,19H2. The Balaban J connectivity index is 1.96. The molecule has 100 valence electrons. The van der Waals surface area contributed by atoms with E-state index in [-0.39, 0.29) is 0 Å². The number of benzene rings is 2. The van der Waals surface area contributed by atoms with Crippen LogP contribution in [-0.2, 0) is 6.42 Å². The molecule has 0 spiro atoms. The molecule has 0 bridgehead atoms. The van der Waals surface area contributed by atoms with Crippen molar-refractivity contribution in [3.63, 3.8) is 0 Å². The highest BCUT2D eigenvalue weighted by Crippen LogP contribution is 2.24.